The number of aliphatic hydroxyl groups is 1. The SMILES string of the molecule is COc1c(C)cnc(CN(C=O)c2nc(N)nc(Cl)c2/C(C)=C/c2cc(C(=O)CN3CCC(O)CC3)c[nH]2)c1C. The molecule has 1 fully saturated rings. The maximum absolute atomic E-state index is 12.8. The number of hydrogen-bond donors (Lipinski definition) is 3. The first-order chi connectivity index (χ1) is 19.1. The normalized spacial score (nSPS) is 14.8. The van der Waals surface area contributed by atoms with Gasteiger partial charge in [0, 0.05) is 47.9 Å². The van der Waals surface area contributed by atoms with Crippen LogP contribution in [0.3, 0.4) is 0 Å². The third kappa shape index (κ3) is 6.49. The number of nitrogens with two attached hydrogens (primary N) is 1. The molecular weight excluding hydrogens is 534 g/mol. The lowest BCUT2D eigenvalue weighted by atomic mass is 10.1. The number of amides is 1. The summed E-state index contributed by atoms with van der Waals surface area (Å²) in [6.45, 7) is 7.37. The van der Waals surface area contributed by atoms with E-state index in [2.05, 4.69) is 24.8 Å². The number of piperidine rings is 1. The Morgan fingerprint density at radius 2 is 2.05 bits per heavy atom. The van der Waals surface area contributed by atoms with Gasteiger partial charge in [-0.15, -0.1) is 0 Å². The van der Waals surface area contributed by atoms with E-state index >= 15 is 0 Å². The molecule has 4 heterocycles. The summed E-state index contributed by atoms with van der Waals surface area (Å²) < 4.78 is 5.51. The molecule has 0 atom stereocenters. The van der Waals surface area contributed by atoms with E-state index in [0.29, 0.717) is 72.7 Å². The Kier molecular flexibility index (Phi) is 9.18. The van der Waals surface area contributed by atoms with E-state index in [9.17, 15) is 14.7 Å². The Bertz CT molecular complexity index is 1430. The fourth-order valence-electron chi connectivity index (χ4n) is 4.87. The van der Waals surface area contributed by atoms with Gasteiger partial charge in [-0.25, -0.2) is 4.98 Å². The number of H-pyrrole nitrogens is 1. The number of aryl methyl sites for hydroxylation is 1. The molecule has 0 saturated carbocycles. The Morgan fingerprint density at radius 3 is 2.73 bits per heavy atom. The van der Waals surface area contributed by atoms with Crippen molar-refractivity contribution in [2.24, 2.45) is 0 Å². The number of ether oxygens (including phenoxy) is 1. The van der Waals surface area contributed by atoms with Crippen LogP contribution in [0.15, 0.2) is 18.5 Å². The van der Waals surface area contributed by atoms with E-state index in [0.717, 1.165) is 11.1 Å². The molecule has 0 aliphatic carbocycles. The first-order valence-electron chi connectivity index (χ1n) is 13.0. The quantitative estimate of drug-likeness (QED) is 0.190. The number of allylic oxidation sites excluding steroid dienone is 1. The zero-order valence-corrected chi connectivity index (χ0v) is 23.8. The van der Waals surface area contributed by atoms with Gasteiger partial charge in [-0.1, -0.05) is 11.6 Å². The van der Waals surface area contributed by atoms with E-state index in [1.165, 1.54) is 4.90 Å². The van der Waals surface area contributed by atoms with Crippen molar-refractivity contribution in [3.05, 3.63) is 57.3 Å². The predicted molar refractivity (Wildman–Crippen MR) is 154 cm³/mol. The number of aliphatic hydroxyl groups excluding tert-OH is 1. The highest BCUT2D eigenvalue weighted by Crippen LogP contribution is 2.34. The zero-order chi connectivity index (χ0) is 29.0. The third-order valence-corrected chi connectivity index (χ3v) is 7.32. The minimum atomic E-state index is -0.289. The number of halogens is 1. The molecule has 1 saturated heterocycles. The number of ketones is 1. The van der Waals surface area contributed by atoms with Crippen LogP contribution in [0.25, 0.3) is 11.6 Å². The molecule has 11 nitrogen and oxygen atoms in total. The van der Waals surface area contributed by atoms with Crippen molar-refractivity contribution >= 4 is 47.2 Å². The third-order valence-electron chi connectivity index (χ3n) is 7.05. The molecule has 40 heavy (non-hydrogen) atoms. The van der Waals surface area contributed by atoms with Gasteiger partial charge in [0.2, 0.25) is 12.4 Å². The number of hydrogen-bond acceptors (Lipinski definition) is 9. The minimum absolute atomic E-state index is 0.0111. The summed E-state index contributed by atoms with van der Waals surface area (Å²) in [4.78, 5) is 44.6. The number of carbonyl (C=O) groups is 2. The number of aromatic amines is 1. The van der Waals surface area contributed by atoms with Crippen LogP contribution < -0.4 is 15.4 Å². The smallest absolute Gasteiger partial charge is 0.223 e. The number of nitrogens with one attached hydrogen (secondary N) is 1. The second kappa shape index (κ2) is 12.6. The number of nitrogens with zero attached hydrogens (tertiary/aromatic N) is 5. The lowest BCUT2D eigenvalue weighted by molar-refractivity contribution is -0.107. The molecule has 1 aliphatic heterocycles. The molecule has 0 spiro atoms. The first-order valence-corrected chi connectivity index (χ1v) is 13.3. The van der Waals surface area contributed by atoms with Gasteiger partial charge in [0.25, 0.3) is 0 Å². The molecule has 4 rings (SSSR count). The molecule has 0 bridgehead atoms. The van der Waals surface area contributed by atoms with E-state index in [-0.39, 0.29) is 35.4 Å². The van der Waals surface area contributed by atoms with E-state index in [1.54, 1.807) is 31.6 Å². The van der Waals surface area contributed by atoms with Gasteiger partial charge in [-0.3, -0.25) is 24.4 Å². The van der Waals surface area contributed by atoms with Gasteiger partial charge in [0.15, 0.2) is 5.78 Å². The van der Waals surface area contributed by atoms with Crippen molar-refractivity contribution in [3.63, 3.8) is 0 Å². The van der Waals surface area contributed by atoms with E-state index in [4.69, 9.17) is 22.1 Å². The van der Waals surface area contributed by atoms with Crippen molar-refractivity contribution < 1.29 is 19.4 Å². The molecule has 3 aromatic heterocycles. The number of pyridine rings is 1. The molecule has 1 amide bonds. The van der Waals surface area contributed by atoms with Gasteiger partial charge < -0.3 is 20.6 Å². The van der Waals surface area contributed by atoms with Crippen LogP contribution in [0.2, 0.25) is 5.15 Å². The predicted octanol–water partition coefficient (Wildman–Crippen LogP) is 3.42. The van der Waals surface area contributed by atoms with E-state index < -0.39 is 0 Å². The maximum Gasteiger partial charge on any atom is 0.223 e. The van der Waals surface area contributed by atoms with Gasteiger partial charge >= 0.3 is 0 Å². The van der Waals surface area contributed by atoms with Gasteiger partial charge in [0.1, 0.15) is 16.7 Å². The van der Waals surface area contributed by atoms with Crippen molar-refractivity contribution in [2.45, 2.75) is 46.3 Å². The number of rotatable bonds is 10. The number of anilines is 2. The van der Waals surface area contributed by atoms with Crippen molar-refractivity contribution in [3.8, 4) is 5.75 Å². The summed E-state index contributed by atoms with van der Waals surface area (Å²) in [6.07, 6.45) is 6.86. The molecule has 4 N–H and O–H groups in total. The van der Waals surface area contributed by atoms with E-state index in [1.807, 2.05) is 20.8 Å². The van der Waals surface area contributed by atoms with Crippen molar-refractivity contribution in [2.75, 3.05) is 37.4 Å². The lowest BCUT2D eigenvalue weighted by Gasteiger charge is -2.28. The Hall–Kier alpha value is -3.80. The highest BCUT2D eigenvalue weighted by atomic mass is 35.5. The molecule has 1 aliphatic rings. The highest BCUT2D eigenvalue weighted by molar-refractivity contribution is 6.32. The van der Waals surface area contributed by atoms with Crippen LogP contribution in [0, 0.1) is 13.8 Å². The number of methoxy groups -OCH3 is 1. The van der Waals surface area contributed by atoms with Crippen LogP contribution in [-0.2, 0) is 11.3 Å². The largest absolute Gasteiger partial charge is 0.496 e. The Labute approximate surface area is 238 Å². The summed E-state index contributed by atoms with van der Waals surface area (Å²) in [5.41, 5.74) is 10.5. The van der Waals surface area contributed by atoms with Crippen molar-refractivity contribution in [1.82, 2.24) is 24.8 Å². The molecular formula is C28H34ClN7O4. The molecule has 12 heteroatoms. The molecule has 3 aromatic rings. The Morgan fingerprint density at radius 1 is 1.32 bits per heavy atom. The summed E-state index contributed by atoms with van der Waals surface area (Å²) in [6, 6.07) is 1.76. The number of likely N-dealkylation sites (tertiary alicyclic amines) is 1. The summed E-state index contributed by atoms with van der Waals surface area (Å²) in [7, 11) is 1.59. The average Bonchev–Trinajstić information content (AvgIpc) is 3.38. The maximum atomic E-state index is 12.8. The summed E-state index contributed by atoms with van der Waals surface area (Å²) >= 11 is 6.54. The molecule has 0 aromatic carbocycles. The van der Waals surface area contributed by atoms with Crippen LogP contribution >= 0.6 is 11.6 Å². The second-order valence-corrected chi connectivity index (χ2v) is 10.3. The Balaban J connectivity index is 1.61. The monoisotopic (exact) mass is 567 g/mol. The summed E-state index contributed by atoms with van der Waals surface area (Å²) in [5.74, 6) is 0.843. The first kappa shape index (κ1) is 29.2. The van der Waals surface area contributed by atoms with Gasteiger partial charge in [0.05, 0.1) is 37.6 Å². The van der Waals surface area contributed by atoms with Crippen LogP contribution in [-0.4, -0.2) is 75.0 Å². The molecule has 212 valence electrons. The topological polar surface area (TPSA) is 151 Å². The van der Waals surface area contributed by atoms with Gasteiger partial charge in [-0.05, 0) is 51.3 Å². The standard InChI is InChI=1S/C28H34ClN7O4/c1-16(9-20-10-19(12-31-20)23(39)14-35-7-5-21(38)6-8-35)24-26(29)33-28(30)34-27(24)36(15-37)13-22-18(3)25(40-4)17(2)11-32-22/h9-12,15,21,31,38H,5-8,13-14H2,1-4H3,(H2,30,33,34)/b16-9+. The highest BCUT2D eigenvalue weighted by Gasteiger charge is 2.23. The van der Waals surface area contributed by atoms with Crippen LogP contribution in [0.4, 0.5) is 11.8 Å². The fraction of sp³-hybridized carbons (Fsp3) is 0.393. The fourth-order valence-corrected chi connectivity index (χ4v) is 5.19. The number of Topliss-reactive ketones (excluding diaryl/α,β-unsaturated/α-hetero) is 1. The van der Waals surface area contributed by atoms with Crippen molar-refractivity contribution in [1.29, 1.82) is 0 Å². The zero-order valence-electron chi connectivity index (χ0n) is 23.1. The van der Waals surface area contributed by atoms with Crippen LogP contribution in [0.1, 0.15) is 58.2 Å². The second-order valence-electron chi connectivity index (χ2n) is 9.95. The summed E-state index contributed by atoms with van der Waals surface area (Å²) in [5, 5.41) is 9.79. The van der Waals surface area contributed by atoms with Gasteiger partial charge in [-0.2, -0.15) is 4.98 Å². The lowest BCUT2D eigenvalue weighted by Crippen LogP contribution is -2.38. The molecule has 0 unspecified atom stereocenters. The minimum Gasteiger partial charge on any atom is -0.496 e. The number of aromatic nitrogens is 4. The van der Waals surface area contributed by atoms with Crippen LogP contribution in [0.5, 0.6) is 5.75 Å². The number of carbonyl (C=O) groups excluding carboxylic acids is 2. The average molecular weight is 568 g/mol. The molecule has 0 radical (unpaired) electrons. The number of nitrogen functional groups attached to an aromatic ring is 1.